The molecule has 1 heterocycles. The van der Waals surface area contributed by atoms with Gasteiger partial charge in [-0.3, -0.25) is 4.79 Å². The fourth-order valence-electron chi connectivity index (χ4n) is 2.25. The predicted octanol–water partition coefficient (Wildman–Crippen LogP) is 4.01. The Labute approximate surface area is 150 Å². The predicted molar refractivity (Wildman–Crippen MR) is 97.3 cm³/mol. The van der Waals surface area contributed by atoms with Gasteiger partial charge in [-0.25, -0.2) is 14.4 Å². The minimum atomic E-state index is -0.362. The van der Waals surface area contributed by atoms with Gasteiger partial charge in [-0.15, -0.1) is 0 Å². The largest absolute Gasteiger partial charge is 0.492 e. The molecule has 0 radical (unpaired) electrons. The van der Waals surface area contributed by atoms with E-state index in [9.17, 15) is 9.18 Å². The van der Waals surface area contributed by atoms with Crippen molar-refractivity contribution in [2.24, 2.45) is 0 Å². The summed E-state index contributed by atoms with van der Waals surface area (Å²) >= 11 is 0. The van der Waals surface area contributed by atoms with Gasteiger partial charge < -0.3 is 15.4 Å². The molecule has 0 aliphatic rings. The number of carbonyl (C=O) groups is 1. The summed E-state index contributed by atoms with van der Waals surface area (Å²) in [7, 11) is 0. The Kier molecular flexibility index (Phi) is 5.38. The van der Waals surface area contributed by atoms with E-state index in [4.69, 9.17) is 4.74 Å². The summed E-state index contributed by atoms with van der Waals surface area (Å²) in [5.74, 6) is 0.143. The lowest BCUT2D eigenvalue weighted by atomic mass is 10.2. The number of aromatic nitrogens is 2. The SMILES string of the molecule is CCOc1ccccc1NC(=O)c1cnc(Nc2cccc(F)c2)nc1. The van der Waals surface area contributed by atoms with Gasteiger partial charge in [0.2, 0.25) is 5.95 Å². The van der Waals surface area contributed by atoms with Crippen LogP contribution in [0.4, 0.5) is 21.7 Å². The smallest absolute Gasteiger partial charge is 0.258 e. The molecule has 6 nitrogen and oxygen atoms in total. The van der Waals surface area contributed by atoms with E-state index in [-0.39, 0.29) is 17.7 Å². The zero-order valence-electron chi connectivity index (χ0n) is 14.1. The van der Waals surface area contributed by atoms with Gasteiger partial charge in [0, 0.05) is 18.1 Å². The van der Waals surface area contributed by atoms with Gasteiger partial charge in [0.05, 0.1) is 17.9 Å². The number of nitrogens with one attached hydrogen (secondary N) is 2. The first kappa shape index (κ1) is 17.3. The van der Waals surface area contributed by atoms with Crippen molar-refractivity contribution in [1.29, 1.82) is 0 Å². The van der Waals surface area contributed by atoms with Crippen LogP contribution >= 0.6 is 0 Å². The topological polar surface area (TPSA) is 76.1 Å². The number of carbonyl (C=O) groups excluding carboxylic acids is 1. The lowest BCUT2D eigenvalue weighted by Crippen LogP contribution is -2.14. The van der Waals surface area contributed by atoms with Crippen molar-refractivity contribution < 1.29 is 13.9 Å². The number of nitrogens with zero attached hydrogens (tertiary/aromatic N) is 2. The third-order valence-electron chi connectivity index (χ3n) is 3.43. The molecule has 0 saturated carbocycles. The lowest BCUT2D eigenvalue weighted by Gasteiger charge is -2.11. The molecule has 1 aromatic heterocycles. The maximum absolute atomic E-state index is 13.2. The third-order valence-corrected chi connectivity index (χ3v) is 3.43. The number of amides is 1. The standard InChI is InChI=1S/C19H17FN4O2/c1-2-26-17-9-4-3-8-16(17)24-18(25)13-11-21-19(22-12-13)23-15-7-5-6-14(20)10-15/h3-12H,2H2,1H3,(H,24,25)(H,21,22,23). The molecule has 132 valence electrons. The molecule has 2 N–H and O–H groups in total. The van der Waals surface area contributed by atoms with E-state index < -0.39 is 0 Å². The normalized spacial score (nSPS) is 10.2. The molecule has 0 saturated heterocycles. The minimum Gasteiger partial charge on any atom is -0.492 e. The van der Waals surface area contributed by atoms with Gasteiger partial charge >= 0.3 is 0 Å². The summed E-state index contributed by atoms with van der Waals surface area (Å²) in [4.78, 5) is 20.5. The van der Waals surface area contributed by atoms with E-state index in [0.29, 0.717) is 29.3 Å². The molecule has 0 bridgehead atoms. The van der Waals surface area contributed by atoms with Crippen LogP contribution in [0.15, 0.2) is 60.9 Å². The summed E-state index contributed by atoms with van der Waals surface area (Å²) < 4.78 is 18.7. The first-order valence-corrected chi connectivity index (χ1v) is 8.03. The molecule has 0 aliphatic carbocycles. The Bertz CT molecular complexity index is 900. The number of ether oxygens (including phenoxy) is 1. The van der Waals surface area contributed by atoms with Crippen LogP contribution < -0.4 is 15.4 Å². The Hall–Kier alpha value is -3.48. The molecule has 2 aromatic carbocycles. The highest BCUT2D eigenvalue weighted by atomic mass is 19.1. The molecule has 3 aromatic rings. The van der Waals surface area contributed by atoms with E-state index in [0.717, 1.165) is 0 Å². The number of hydrogen-bond acceptors (Lipinski definition) is 5. The van der Waals surface area contributed by atoms with Crippen molar-refractivity contribution in [3.8, 4) is 5.75 Å². The highest BCUT2D eigenvalue weighted by Gasteiger charge is 2.11. The molecular formula is C19H17FN4O2. The minimum absolute atomic E-state index is 0.266. The number of benzene rings is 2. The average molecular weight is 352 g/mol. The highest BCUT2D eigenvalue weighted by molar-refractivity contribution is 6.04. The molecular weight excluding hydrogens is 335 g/mol. The highest BCUT2D eigenvalue weighted by Crippen LogP contribution is 2.24. The summed E-state index contributed by atoms with van der Waals surface area (Å²) in [6.45, 7) is 2.37. The Balaban J connectivity index is 1.69. The van der Waals surface area contributed by atoms with Crippen molar-refractivity contribution in [2.75, 3.05) is 17.2 Å². The van der Waals surface area contributed by atoms with E-state index >= 15 is 0 Å². The fraction of sp³-hybridized carbons (Fsp3) is 0.105. The van der Waals surface area contributed by atoms with E-state index in [1.54, 1.807) is 30.3 Å². The van der Waals surface area contributed by atoms with Crippen molar-refractivity contribution >= 4 is 23.2 Å². The molecule has 1 amide bonds. The summed E-state index contributed by atoms with van der Waals surface area (Å²) in [6, 6.07) is 13.1. The monoisotopic (exact) mass is 352 g/mol. The lowest BCUT2D eigenvalue weighted by molar-refractivity contribution is 0.102. The maximum atomic E-state index is 13.2. The molecule has 7 heteroatoms. The van der Waals surface area contributed by atoms with Crippen LogP contribution in [-0.2, 0) is 0 Å². The van der Waals surface area contributed by atoms with Gasteiger partial charge in [-0.05, 0) is 37.3 Å². The maximum Gasteiger partial charge on any atom is 0.258 e. The van der Waals surface area contributed by atoms with Gasteiger partial charge in [0.15, 0.2) is 0 Å². The Morgan fingerprint density at radius 3 is 2.62 bits per heavy atom. The second kappa shape index (κ2) is 8.06. The first-order valence-electron chi connectivity index (χ1n) is 8.03. The summed E-state index contributed by atoms with van der Waals surface area (Å²) in [5, 5.41) is 5.65. The van der Waals surface area contributed by atoms with Crippen molar-refractivity contribution in [3.63, 3.8) is 0 Å². The zero-order valence-corrected chi connectivity index (χ0v) is 14.1. The second-order valence-electron chi connectivity index (χ2n) is 5.31. The third kappa shape index (κ3) is 4.32. The molecule has 0 atom stereocenters. The molecule has 0 spiro atoms. The van der Waals surface area contributed by atoms with Crippen LogP contribution in [0.3, 0.4) is 0 Å². The summed E-state index contributed by atoms with van der Waals surface area (Å²) in [6.07, 6.45) is 2.79. The number of hydrogen-bond donors (Lipinski definition) is 2. The first-order chi connectivity index (χ1) is 12.7. The van der Waals surface area contributed by atoms with Crippen LogP contribution in [0.1, 0.15) is 17.3 Å². The van der Waals surface area contributed by atoms with E-state index in [1.807, 2.05) is 13.0 Å². The molecule has 0 unspecified atom stereocenters. The number of anilines is 3. The van der Waals surface area contributed by atoms with E-state index in [2.05, 4.69) is 20.6 Å². The Morgan fingerprint density at radius 2 is 1.88 bits per heavy atom. The van der Waals surface area contributed by atoms with Crippen LogP contribution in [0.25, 0.3) is 0 Å². The number of halogens is 1. The summed E-state index contributed by atoms with van der Waals surface area (Å²) in [5.41, 5.74) is 1.38. The van der Waals surface area contributed by atoms with Crippen molar-refractivity contribution in [3.05, 3.63) is 72.3 Å². The molecule has 26 heavy (non-hydrogen) atoms. The van der Waals surface area contributed by atoms with E-state index in [1.165, 1.54) is 24.5 Å². The quantitative estimate of drug-likeness (QED) is 0.701. The second-order valence-corrected chi connectivity index (χ2v) is 5.31. The van der Waals surface area contributed by atoms with Gasteiger partial charge in [-0.1, -0.05) is 18.2 Å². The van der Waals surface area contributed by atoms with Gasteiger partial charge in [-0.2, -0.15) is 0 Å². The molecule has 0 aliphatic heterocycles. The van der Waals surface area contributed by atoms with Crippen molar-refractivity contribution in [2.45, 2.75) is 6.92 Å². The van der Waals surface area contributed by atoms with Gasteiger partial charge in [0.25, 0.3) is 5.91 Å². The van der Waals surface area contributed by atoms with Crippen molar-refractivity contribution in [1.82, 2.24) is 9.97 Å². The zero-order chi connectivity index (χ0) is 18.4. The number of rotatable bonds is 6. The fourth-order valence-corrected chi connectivity index (χ4v) is 2.25. The van der Waals surface area contributed by atoms with Gasteiger partial charge in [0.1, 0.15) is 11.6 Å². The Morgan fingerprint density at radius 1 is 1.12 bits per heavy atom. The van der Waals surface area contributed by atoms with Crippen LogP contribution in [-0.4, -0.2) is 22.5 Å². The van der Waals surface area contributed by atoms with Crippen LogP contribution in [0.2, 0.25) is 0 Å². The molecule has 3 rings (SSSR count). The van der Waals surface area contributed by atoms with Crippen LogP contribution in [0, 0.1) is 5.82 Å². The molecule has 0 fully saturated rings. The average Bonchev–Trinajstić information content (AvgIpc) is 2.64. The van der Waals surface area contributed by atoms with Crippen LogP contribution in [0.5, 0.6) is 5.75 Å². The number of para-hydroxylation sites is 2.